The predicted molar refractivity (Wildman–Crippen MR) is 267 cm³/mol. The number of aliphatic hydroxyl groups excluding tert-OH is 1. The van der Waals surface area contributed by atoms with Gasteiger partial charge in [0, 0.05) is 6.42 Å². The van der Waals surface area contributed by atoms with E-state index in [2.05, 4.69) is 92.1 Å². The highest BCUT2D eigenvalue weighted by Crippen LogP contribution is 2.43. The first kappa shape index (κ1) is 59.7. The Bertz CT molecular complexity index is 1280. The minimum Gasteiger partial charge on any atom is -0.387 e. The van der Waals surface area contributed by atoms with Gasteiger partial charge in [-0.1, -0.05) is 202 Å². The molecule has 358 valence electrons. The van der Waals surface area contributed by atoms with Gasteiger partial charge < -0.3 is 19.8 Å². The summed E-state index contributed by atoms with van der Waals surface area (Å²) < 4.78 is 23.6. The maximum atomic E-state index is 12.9. The highest BCUT2D eigenvalue weighted by atomic mass is 31.2. The molecule has 0 bridgehead atoms. The fourth-order valence-electron chi connectivity index (χ4n) is 6.69. The summed E-state index contributed by atoms with van der Waals surface area (Å²) in [5, 5.41) is 13.9. The SMILES string of the molecule is CC/C=C\C/C=C\C/C=C\C/C=C\C/C=C\C/C=C\CCCCCCC(=O)NC(COP(=O)(O)OCC[N+](C)(C)C)C(O)/C=C/CCCCCCCCCCCCCCCCC. The van der Waals surface area contributed by atoms with E-state index >= 15 is 0 Å². The van der Waals surface area contributed by atoms with Crippen LogP contribution in [0.2, 0.25) is 0 Å². The standard InChI is InChI=1S/C53H95N2O6P/c1-6-8-10-12-14-16-18-20-22-24-25-26-27-28-29-31-33-35-37-39-41-43-45-47-53(57)54-51(50-61-62(58,59)60-49-48-55(3,4)5)52(56)46-44-42-40-38-36-34-32-30-23-21-19-17-15-13-11-9-7-2/h8,10,14,16,20,22,25-26,28-29,33,35,44,46,51-52,56H,6-7,9,11-13,15,17-19,21,23-24,27,30-32,34,36-43,45,47-50H2,1-5H3,(H-,54,57,58,59)/p+1/b10-8-,16-14-,22-20-,26-25-,29-28-,35-33-,46-44+. The molecule has 0 heterocycles. The summed E-state index contributed by atoms with van der Waals surface area (Å²) in [6, 6.07) is -0.865. The fraction of sp³-hybridized carbons (Fsp3) is 0.717. The number of hydrogen-bond acceptors (Lipinski definition) is 5. The van der Waals surface area contributed by atoms with E-state index in [1.54, 1.807) is 6.08 Å². The van der Waals surface area contributed by atoms with Crippen LogP contribution in [0.4, 0.5) is 0 Å². The van der Waals surface area contributed by atoms with Crippen molar-refractivity contribution in [3.05, 3.63) is 85.1 Å². The lowest BCUT2D eigenvalue weighted by atomic mass is 10.0. The quantitative estimate of drug-likeness (QED) is 0.0244. The molecule has 0 saturated carbocycles. The van der Waals surface area contributed by atoms with E-state index in [0.29, 0.717) is 17.4 Å². The number of quaternary nitrogens is 1. The molecule has 0 fully saturated rings. The van der Waals surface area contributed by atoms with E-state index < -0.39 is 20.0 Å². The van der Waals surface area contributed by atoms with Crippen molar-refractivity contribution < 1.29 is 32.9 Å². The van der Waals surface area contributed by atoms with Crippen LogP contribution >= 0.6 is 7.82 Å². The maximum absolute atomic E-state index is 12.9. The zero-order chi connectivity index (χ0) is 45.7. The minimum atomic E-state index is -4.35. The van der Waals surface area contributed by atoms with Gasteiger partial charge in [0.2, 0.25) is 5.91 Å². The Kier molecular flexibility index (Phi) is 42.3. The summed E-state index contributed by atoms with van der Waals surface area (Å²) in [5.74, 6) is -0.205. The second-order valence-corrected chi connectivity index (χ2v) is 19.3. The topological polar surface area (TPSA) is 105 Å². The van der Waals surface area contributed by atoms with Gasteiger partial charge in [-0.3, -0.25) is 13.8 Å². The number of carbonyl (C=O) groups is 1. The third-order valence-electron chi connectivity index (χ3n) is 10.6. The number of aliphatic hydroxyl groups is 1. The van der Waals surface area contributed by atoms with E-state index in [9.17, 15) is 19.4 Å². The van der Waals surface area contributed by atoms with Gasteiger partial charge in [0.1, 0.15) is 13.2 Å². The molecule has 0 aromatic carbocycles. The van der Waals surface area contributed by atoms with E-state index in [4.69, 9.17) is 9.05 Å². The number of nitrogens with zero attached hydrogens (tertiary/aromatic N) is 1. The molecule has 3 atom stereocenters. The Balaban J connectivity index is 4.42. The highest BCUT2D eigenvalue weighted by Gasteiger charge is 2.27. The summed E-state index contributed by atoms with van der Waals surface area (Å²) in [6.45, 7) is 4.67. The molecular formula is C53H96N2O6P+. The molecule has 0 aromatic rings. The molecule has 8 nitrogen and oxygen atoms in total. The molecule has 0 aromatic heterocycles. The largest absolute Gasteiger partial charge is 0.472 e. The molecule has 0 radical (unpaired) electrons. The zero-order valence-electron chi connectivity index (χ0n) is 40.6. The van der Waals surface area contributed by atoms with Crippen LogP contribution in [-0.2, 0) is 18.4 Å². The van der Waals surface area contributed by atoms with Gasteiger partial charge in [-0.25, -0.2) is 4.57 Å². The number of rotatable bonds is 44. The lowest BCUT2D eigenvalue weighted by molar-refractivity contribution is -0.870. The van der Waals surface area contributed by atoms with Crippen LogP contribution in [0.1, 0.15) is 194 Å². The molecule has 0 aliphatic rings. The first-order valence-electron chi connectivity index (χ1n) is 25.0. The molecular weight excluding hydrogens is 792 g/mol. The number of phosphoric acid groups is 1. The average Bonchev–Trinajstić information content (AvgIpc) is 3.23. The number of unbranched alkanes of at least 4 members (excludes halogenated alkanes) is 19. The molecule has 62 heavy (non-hydrogen) atoms. The normalized spacial score (nSPS) is 14.9. The van der Waals surface area contributed by atoms with Crippen molar-refractivity contribution in [2.75, 3.05) is 40.9 Å². The van der Waals surface area contributed by atoms with Crippen molar-refractivity contribution in [2.45, 2.75) is 206 Å². The summed E-state index contributed by atoms with van der Waals surface area (Å²) in [4.78, 5) is 23.2. The lowest BCUT2D eigenvalue weighted by Gasteiger charge is -2.25. The highest BCUT2D eigenvalue weighted by molar-refractivity contribution is 7.47. The number of amides is 1. The van der Waals surface area contributed by atoms with Crippen LogP contribution < -0.4 is 5.32 Å². The molecule has 3 unspecified atom stereocenters. The van der Waals surface area contributed by atoms with Crippen LogP contribution in [0.3, 0.4) is 0 Å². The van der Waals surface area contributed by atoms with Crippen LogP contribution in [0.15, 0.2) is 85.1 Å². The molecule has 0 spiro atoms. The monoisotopic (exact) mass is 888 g/mol. The van der Waals surface area contributed by atoms with Gasteiger partial charge in [0.25, 0.3) is 0 Å². The van der Waals surface area contributed by atoms with Gasteiger partial charge in [-0.2, -0.15) is 0 Å². The maximum Gasteiger partial charge on any atom is 0.472 e. The number of phosphoric ester groups is 1. The first-order valence-corrected chi connectivity index (χ1v) is 26.5. The lowest BCUT2D eigenvalue weighted by Crippen LogP contribution is -2.45. The number of allylic oxidation sites excluding steroid dienone is 13. The van der Waals surface area contributed by atoms with Crippen LogP contribution in [0, 0.1) is 0 Å². The van der Waals surface area contributed by atoms with Gasteiger partial charge in [0.05, 0.1) is 39.9 Å². The molecule has 0 saturated heterocycles. The second-order valence-electron chi connectivity index (χ2n) is 17.8. The summed E-state index contributed by atoms with van der Waals surface area (Å²) in [7, 11) is 1.54. The van der Waals surface area contributed by atoms with Crippen LogP contribution in [0.5, 0.6) is 0 Å². The Morgan fingerprint density at radius 1 is 0.565 bits per heavy atom. The van der Waals surface area contributed by atoms with Crippen molar-refractivity contribution in [2.24, 2.45) is 0 Å². The second kappa shape index (κ2) is 43.9. The minimum absolute atomic E-state index is 0.0517. The number of likely N-dealkylation sites (N-methyl/N-ethyl adjacent to an activating group) is 1. The molecule has 0 aliphatic carbocycles. The molecule has 3 N–H and O–H groups in total. The predicted octanol–water partition coefficient (Wildman–Crippen LogP) is 14.5. The third-order valence-corrected chi connectivity index (χ3v) is 11.6. The summed E-state index contributed by atoms with van der Waals surface area (Å²) in [5.41, 5.74) is 0. The Morgan fingerprint density at radius 2 is 0.968 bits per heavy atom. The van der Waals surface area contributed by atoms with Crippen molar-refractivity contribution in [3.8, 4) is 0 Å². The number of nitrogens with one attached hydrogen (secondary N) is 1. The van der Waals surface area contributed by atoms with E-state index in [1.165, 1.54) is 83.5 Å². The van der Waals surface area contributed by atoms with Gasteiger partial charge >= 0.3 is 7.82 Å². The fourth-order valence-corrected chi connectivity index (χ4v) is 7.43. The Hall–Kier alpha value is -2.32. The van der Waals surface area contributed by atoms with Crippen LogP contribution in [-0.4, -0.2) is 73.4 Å². The molecule has 1 amide bonds. The van der Waals surface area contributed by atoms with E-state index in [-0.39, 0.29) is 19.1 Å². The molecule has 0 aliphatic heterocycles. The molecule has 0 rings (SSSR count). The summed E-state index contributed by atoms with van der Waals surface area (Å²) in [6.07, 6.45) is 60.8. The summed E-state index contributed by atoms with van der Waals surface area (Å²) >= 11 is 0. The Morgan fingerprint density at radius 3 is 1.42 bits per heavy atom. The Labute approximate surface area is 382 Å². The van der Waals surface area contributed by atoms with Gasteiger partial charge in [-0.15, -0.1) is 0 Å². The van der Waals surface area contributed by atoms with Crippen molar-refractivity contribution in [1.29, 1.82) is 0 Å². The van der Waals surface area contributed by atoms with E-state index in [0.717, 1.165) is 89.9 Å². The van der Waals surface area contributed by atoms with Crippen molar-refractivity contribution >= 4 is 13.7 Å². The van der Waals surface area contributed by atoms with Gasteiger partial charge in [-0.05, 0) is 70.6 Å². The van der Waals surface area contributed by atoms with Crippen molar-refractivity contribution in [1.82, 2.24) is 5.32 Å². The first-order chi connectivity index (χ1) is 30.0. The van der Waals surface area contributed by atoms with Gasteiger partial charge in [0.15, 0.2) is 0 Å². The molecule has 9 heteroatoms. The number of hydrogen-bond donors (Lipinski definition) is 3. The smallest absolute Gasteiger partial charge is 0.387 e. The zero-order valence-corrected chi connectivity index (χ0v) is 41.5. The number of carbonyl (C=O) groups excluding carboxylic acids is 1. The van der Waals surface area contributed by atoms with E-state index in [1.807, 2.05) is 27.2 Å². The third kappa shape index (κ3) is 45.7. The average molecular weight is 888 g/mol. The van der Waals surface area contributed by atoms with Crippen molar-refractivity contribution in [3.63, 3.8) is 0 Å². The van der Waals surface area contributed by atoms with Crippen LogP contribution in [0.25, 0.3) is 0 Å².